The van der Waals surface area contributed by atoms with Crippen LogP contribution in [0.5, 0.6) is 0 Å². The van der Waals surface area contributed by atoms with E-state index in [1.165, 1.54) is 0 Å². The number of carbonyl (C=O) groups is 2. The number of aromatic nitrogens is 3. The Morgan fingerprint density at radius 1 is 1.20 bits per heavy atom. The van der Waals surface area contributed by atoms with E-state index in [4.69, 9.17) is 4.74 Å². The number of amides is 2. The van der Waals surface area contributed by atoms with Gasteiger partial charge in [-0.25, -0.2) is 9.48 Å². The Balaban J connectivity index is 1.71. The van der Waals surface area contributed by atoms with Crippen LogP contribution < -0.4 is 5.32 Å². The van der Waals surface area contributed by atoms with Crippen LogP contribution >= 0.6 is 0 Å². The summed E-state index contributed by atoms with van der Waals surface area (Å²) in [6.45, 7) is 6.18. The van der Waals surface area contributed by atoms with E-state index in [1.54, 1.807) is 16.6 Å². The number of anilines is 1. The molecule has 0 aromatic carbocycles. The number of nitrogens with zero attached hydrogens (tertiary/aromatic N) is 4. The molecule has 25 heavy (non-hydrogen) atoms. The molecule has 1 aromatic heterocycles. The smallest absolute Gasteiger partial charge is 0.410 e. The molecule has 1 atom stereocenters. The standard InChI is InChI=1S/C17H27N5O3/c1-17(2,3)25-16(24)22-10-6-9-12(22)13-18-15(21(4)20-13)19-14(23)11-7-5-8-11/h11-12H,5-10H2,1-4H3,(H,18,19,20,23)/t12-/m1/s1. The van der Waals surface area contributed by atoms with Gasteiger partial charge in [0.1, 0.15) is 5.60 Å². The van der Waals surface area contributed by atoms with E-state index in [0.717, 1.165) is 32.1 Å². The fraction of sp³-hybridized carbons (Fsp3) is 0.765. The maximum atomic E-state index is 12.4. The largest absolute Gasteiger partial charge is 0.444 e. The van der Waals surface area contributed by atoms with Crippen LogP contribution in [-0.2, 0) is 16.6 Å². The minimum atomic E-state index is -0.538. The molecule has 0 bridgehead atoms. The zero-order valence-electron chi connectivity index (χ0n) is 15.4. The number of hydrogen-bond donors (Lipinski definition) is 1. The Morgan fingerprint density at radius 3 is 2.52 bits per heavy atom. The molecule has 138 valence electrons. The van der Waals surface area contributed by atoms with Crippen molar-refractivity contribution in [3.63, 3.8) is 0 Å². The summed E-state index contributed by atoms with van der Waals surface area (Å²) >= 11 is 0. The number of ether oxygens (including phenoxy) is 1. The van der Waals surface area contributed by atoms with Crippen LogP contribution in [0.3, 0.4) is 0 Å². The van der Waals surface area contributed by atoms with Crippen molar-refractivity contribution in [3.05, 3.63) is 5.82 Å². The maximum Gasteiger partial charge on any atom is 0.410 e. The number of carbonyl (C=O) groups excluding carboxylic acids is 2. The Bertz CT molecular complexity index is 660. The highest BCUT2D eigenvalue weighted by atomic mass is 16.6. The van der Waals surface area contributed by atoms with E-state index in [0.29, 0.717) is 18.3 Å². The van der Waals surface area contributed by atoms with Crippen LogP contribution in [0.4, 0.5) is 10.7 Å². The van der Waals surface area contributed by atoms with Crippen LogP contribution in [0.25, 0.3) is 0 Å². The van der Waals surface area contributed by atoms with Gasteiger partial charge in [0.2, 0.25) is 11.9 Å². The molecule has 0 spiro atoms. The lowest BCUT2D eigenvalue weighted by Gasteiger charge is -2.27. The first-order valence-corrected chi connectivity index (χ1v) is 8.96. The summed E-state index contributed by atoms with van der Waals surface area (Å²) in [5.41, 5.74) is -0.538. The highest BCUT2D eigenvalue weighted by Crippen LogP contribution is 2.32. The summed E-state index contributed by atoms with van der Waals surface area (Å²) in [7, 11) is 1.75. The Hall–Kier alpha value is -2.12. The molecular weight excluding hydrogens is 322 g/mol. The lowest BCUT2D eigenvalue weighted by Crippen LogP contribution is -2.36. The van der Waals surface area contributed by atoms with Gasteiger partial charge >= 0.3 is 6.09 Å². The highest BCUT2D eigenvalue weighted by Gasteiger charge is 2.36. The quantitative estimate of drug-likeness (QED) is 0.906. The number of aryl methyl sites for hydroxylation is 1. The van der Waals surface area contributed by atoms with E-state index < -0.39 is 5.60 Å². The molecule has 1 saturated heterocycles. The van der Waals surface area contributed by atoms with Gasteiger partial charge in [-0.05, 0) is 46.5 Å². The van der Waals surface area contributed by atoms with Crippen molar-refractivity contribution < 1.29 is 14.3 Å². The van der Waals surface area contributed by atoms with Crippen LogP contribution in [0.15, 0.2) is 0 Å². The second kappa shape index (κ2) is 6.65. The normalized spacial score (nSPS) is 21.1. The van der Waals surface area contributed by atoms with Gasteiger partial charge in [-0.15, -0.1) is 0 Å². The predicted octanol–water partition coefficient (Wildman–Crippen LogP) is 2.63. The first kappa shape index (κ1) is 17.7. The van der Waals surface area contributed by atoms with Crippen LogP contribution in [0, 0.1) is 5.92 Å². The Morgan fingerprint density at radius 2 is 1.92 bits per heavy atom. The van der Waals surface area contributed by atoms with Crippen molar-refractivity contribution >= 4 is 17.9 Å². The highest BCUT2D eigenvalue weighted by molar-refractivity contribution is 5.91. The van der Waals surface area contributed by atoms with Crippen molar-refractivity contribution in [1.82, 2.24) is 19.7 Å². The van der Waals surface area contributed by atoms with Crippen LogP contribution in [-0.4, -0.2) is 43.8 Å². The molecule has 1 N–H and O–H groups in total. The van der Waals surface area contributed by atoms with Gasteiger partial charge in [0.25, 0.3) is 0 Å². The number of likely N-dealkylation sites (tertiary alicyclic amines) is 1. The number of nitrogens with one attached hydrogen (secondary N) is 1. The van der Waals surface area contributed by atoms with Crippen molar-refractivity contribution in [1.29, 1.82) is 0 Å². The maximum absolute atomic E-state index is 12.4. The first-order valence-electron chi connectivity index (χ1n) is 8.96. The van der Waals surface area contributed by atoms with Gasteiger partial charge in [-0.1, -0.05) is 6.42 Å². The molecule has 1 aromatic rings. The molecule has 2 aliphatic rings. The monoisotopic (exact) mass is 349 g/mol. The summed E-state index contributed by atoms with van der Waals surface area (Å²) in [6.07, 6.45) is 4.31. The summed E-state index contributed by atoms with van der Waals surface area (Å²) in [5.74, 6) is 1.08. The van der Waals surface area contributed by atoms with Crippen molar-refractivity contribution in [2.75, 3.05) is 11.9 Å². The first-order chi connectivity index (χ1) is 11.7. The van der Waals surface area contributed by atoms with Gasteiger partial charge in [0, 0.05) is 19.5 Å². The topological polar surface area (TPSA) is 89.3 Å². The van der Waals surface area contributed by atoms with Gasteiger partial charge < -0.3 is 4.74 Å². The fourth-order valence-electron chi connectivity index (χ4n) is 3.11. The minimum absolute atomic E-state index is 0.00344. The van der Waals surface area contributed by atoms with Gasteiger partial charge in [0.15, 0.2) is 5.82 Å². The third-order valence-corrected chi connectivity index (χ3v) is 4.67. The predicted molar refractivity (Wildman–Crippen MR) is 91.9 cm³/mol. The van der Waals surface area contributed by atoms with Crippen LogP contribution in [0.2, 0.25) is 0 Å². The minimum Gasteiger partial charge on any atom is -0.444 e. The fourth-order valence-corrected chi connectivity index (χ4v) is 3.11. The third kappa shape index (κ3) is 3.93. The number of hydrogen-bond acceptors (Lipinski definition) is 5. The molecule has 8 nitrogen and oxygen atoms in total. The molecule has 1 aliphatic heterocycles. The van der Waals surface area contributed by atoms with Crippen molar-refractivity contribution in [3.8, 4) is 0 Å². The van der Waals surface area contributed by atoms with Crippen molar-refractivity contribution in [2.24, 2.45) is 13.0 Å². The van der Waals surface area contributed by atoms with E-state index >= 15 is 0 Å². The zero-order chi connectivity index (χ0) is 18.2. The lowest BCUT2D eigenvalue weighted by atomic mass is 9.85. The molecule has 1 aliphatic carbocycles. The second-order valence-corrected chi connectivity index (χ2v) is 7.87. The summed E-state index contributed by atoms with van der Waals surface area (Å²) in [6, 6.07) is -0.213. The molecule has 1 saturated carbocycles. The molecule has 2 amide bonds. The average molecular weight is 349 g/mol. The molecule has 8 heteroatoms. The van der Waals surface area contributed by atoms with E-state index in [1.807, 2.05) is 20.8 Å². The SMILES string of the molecule is Cn1nc([C@H]2CCCN2C(=O)OC(C)(C)C)nc1NC(=O)C1CCC1. The molecule has 0 unspecified atom stereocenters. The molecular formula is C17H27N5O3. The average Bonchev–Trinajstić information content (AvgIpc) is 3.02. The molecule has 2 heterocycles. The zero-order valence-corrected chi connectivity index (χ0v) is 15.4. The Kier molecular flexibility index (Phi) is 4.71. The van der Waals surface area contributed by atoms with Gasteiger partial charge in [-0.2, -0.15) is 10.1 Å². The van der Waals surface area contributed by atoms with Gasteiger partial charge in [-0.3, -0.25) is 15.0 Å². The van der Waals surface area contributed by atoms with Crippen molar-refractivity contribution in [2.45, 2.75) is 64.5 Å². The Labute approximate surface area is 147 Å². The molecule has 3 rings (SSSR count). The van der Waals surface area contributed by atoms with E-state index in [-0.39, 0.29) is 24.0 Å². The van der Waals surface area contributed by atoms with E-state index in [2.05, 4.69) is 15.4 Å². The van der Waals surface area contributed by atoms with E-state index in [9.17, 15) is 9.59 Å². The molecule has 2 fully saturated rings. The third-order valence-electron chi connectivity index (χ3n) is 4.67. The summed E-state index contributed by atoms with van der Waals surface area (Å²) in [4.78, 5) is 30.7. The second-order valence-electron chi connectivity index (χ2n) is 7.87. The number of rotatable bonds is 3. The summed E-state index contributed by atoms with van der Waals surface area (Å²) < 4.78 is 7.05. The lowest BCUT2D eigenvalue weighted by molar-refractivity contribution is -0.122. The summed E-state index contributed by atoms with van der Waals surface area (Å²) in [5, 5.41) is 7.27. The molecule has 0 radical (unpaired) electrons. The van der Waals surface area contributed by atoms with Gasteiger partial charge in [0.05, 0.1) is 6.04 Å². The van der Waals surface area contributed by atoms with Crippen LogP contribution in [0.1, 0.15) is 64.7 Å².